The summed E-state index contributed by atoms with van der Waals surface area (Å²) in [5, 5.41) is 16.6. The Morgan fingerprint density at radius 1 is 1.50 bits per heavy atom. The topological polar surface area (TPSA) is 71.2 Å². The number of hydrazone groups is 1. The number of hydrogen-bond donors (Lipinski definition) is 0. The first-order valence-corrected chi connectivity index (χ1v) is 6.99. The third kappa shape index (κ3) is 2.26. The van der Waals surface area contributed by atoms with Crippen molar-refractivity contribution in [2.24, 2.45) is 5.10 Å². The summed E-state index contributed by atoms with van der Waals surface area (Å²) in [5.74, 6) is 0. The normalized spacial score (nSPS) is 39.0. The van der Waals surface area contributed by atoms with Gasteiger partial charge in [-0.25, -0.2) is 4.39 Å². The van der Waals surface area contributed by atoms with Crippen LogP contribution < -0.4 is 0 Å². The minimum atomic E-state index is -1.03. The number of hydrogen-bond acceptors (Lipinski definition) is 6. The molecule has 3 rings (SSSR count). The number of nitrogens with zero attached hydrogens (tertiary/aromatic N) is 4. The smallest absolute Gasteiger partial charge is 0.271 e. The van der Waals surface area contributed by atoms with Crippen LogP contribution in [0.4, 0.5) is 4.39 Å². The fourth-order valence-electron chi connectivity index (χ4n) is 3.13. The Balaban J connectivity index is 1.61. The molecule has 3 heterocycles. The maximum absolute atomic E-state index is 14.4. The summed E-state index contributed by atoms with van der Waals surface area (Å²) < 4.78 is 19.5. The number of alkyl halides is 1. The van der Waals surface area contributed by atoms with Crippen molar-refractivity contribution >= 4 is 6.21 Å². The fraction of sp³-hybridized carbons (Fsp3) is 0.917. The minimum Gasteiger partial charge on any atom is -0.378 e. The van der Waals surface area contributed by atoms with Gasteiger partial charge in [-0.3, -0.25) is 20.0 Å². The average Bonchev–Trinajstić information content (AvgIpc) is 2.69. The van der Waals surface area contributed by atoms with Gasteiger partial charge in [-0.15, -0.1) is 0 Å². The van der Waals surface area contributed by atoms with Crippen LogP contribution in [0.3, 0.4) is 0 Å². The van der Waals surface area contributed by atoms with Crippen LogP contribution in [-0.4, -0.2) is 77.7 Å². The van der Waals surface area contributed by atoms with Crippen LogP contribution in [0.5, 0.6) is 0 Å². The molecule has 0 bridgehead atoms. The van der Waals surface area contributed by atoms with Crippen LogP contribution in [0.2, 0.25) is 0 Å². The predicted molar refractivity (Wildman–Crippen MR) is 70.1 cm³/mol. The van der Waals surface area contributed by atoms with E-state index in [4.69, 9.17) is 4.74 Å². The lowest BCUT2D eigenvalue weighted by Gasteiger charge is -2.44. The molecular formula is C12H19FN4O3. The first-order chi connectivity index (χ1) is 9.58. The van der Waals surface area contributed by atoms with E-state index in [0.29, 0.717) is 32.2 Å². The standard InChI is InChI=1S/C12H19FN4O3/c1-8-12(17(18)19)4-14-16(8)11-2-3-15(5-10(11)13)9-6-20-7-9/h4,8-12H,2-3,5-7H2,1H3. The molecule has 0 aromatic carbocycles. The Morgan fingerprint density at radius 2 is 2.25 bits per heavy atom. The van der Waals surface area contributed by atoms with Crippen molar-refractivity contribution in [3.05, 3.63) is 10.1 Å². The highest BCUT2D eigenvalue weighted by Crippen LogP contribution is 2.27. The molecule has 20 heavy (non-hydrogen) atoms. The number of nitro groups is 1. The number of piperidine rings is 1. The van der Waals surface area contributed by atoms with Crippen LogP contribution >= 0.6 is 0 Å². The van der Waals surface area contributed by atoms with Crippen molar-refractivity contribution in [2.75, 3.05) is 26.3 Å². The molecule has 3 aliphatic heterocycles. The lowest BCUT2D eigenvalue weighted by Crippen LogP contribution is -2.59. The highest BCUT2D eigenvalue weighted by atomic mass is 19.1. The highest BCUT2D eigenvalue weighted by Gasteiger charge is 2.44. The van der Waals surface area contributed by atoms with E-state index in [1.54, 1.807) is 11.9 Å². The first kappa shape index (κ1) is 13.7. The van der Waals surface area contributed by atoms with Gasteiger partial charge in [-0.1, -0.05) is 0 Å². The molecule has 4 unspecified atom stereocenters. The third-order valence-electron chi connectivity index (χ3n) is 4.52. The molecule has 0 saturated carbocycles. The van der Waals surface area contributed by atoms with E-state index in [9.17, 15) is 14.5 Å². The second-order valence-corrected chi connectivity index (χ2v) is 5.72. The minimum absolute atomic E-state index is 0.334. The fourth-order valence-corrected chi connectivity index (χ4v) is 3.13. The van der Waals surface area contributed by atoms with Gasteiger partial charge in [0.15, 0.2) is 0 Å². The molecule has 0 aromatic heterocycles. The molecule has 0 radical (unpaired) electrons. The van der Waals surface area contributed by atoms with Crippen molar-refractivity contribution in [2.45, 2.75) is 43.7 Å². The molecular weight excluding hydrogens is 267 g/mol. The van der Waals surface area contributed by atoms with Gasteiger partial charge in [0.2, 0.25) is 0 Å². The van der Waals surface area contributed by atoms with Gasteiger partial charge in [0, 0.05) is 18.0 Å². The highest BCUT2D eigenvalue weighted by molar-refractivity contribution is 5.65. The van der Waals surface area contributed by atoms with Crippen LogP contribution in [0, 0.1) is 10.1 Å². The summed E-state index contributed by atoms with van der Waals surface area (Å²) in [5.41, 5.74) is 0. The molecule has 112 valence electrons. The van der Waals surface area contributed by atoms with Crippen molar-refractivity contribution in [3.63, 3.8) is 0 Å². The van der Waals surface area contributed by atoms with Gasteiger partial charge in [-0.2, -0.15) is 5.10 Å². The predicted octanol–water partition coefficient (Wildman–Crippen LogP) is 0.133. The molecule has 0 N–H and O–H groups in total. The number of rotatable bonds is 3. The van der Waals surface area contributed by atoms with E-state index < -0.39 is 12.2 Å². The Bertz CT molecular complexity index is 418. The monoisotopic (exact) mass is 286 g/mol. The van der Waals surface area contributed by atoms with Crippen molar-refractivity contribution < 1.29 is 14.1 Å². The average molecular weight is 286 g/mol. The van der Waals surface area contributed by atoms with Gasteiger partial charge in [0.05, 0.1) is 25.3 Å². The summed E-state index contributed by atoms with van der Waals surface area (Å²) in [4.78, 5) is 12.6. The quantitative estimate of drug-likeness (QED) is 0.545. The molecule has 0 spiro atoms. The molecule has 0 aliphatic carbocycles. The van der Waals surface area contributed by atoms with Gasteiger partial charge in [0.25, 0.3) is 6.04 Å². The lowest BCUT2D eigenvalue weighted by molar-refractivity contribution is -0.506. The zero-order chi connectivity index (χ0) is 14.3. The molecule has 7 nitrogen and oxygen atoms in total. The Kier molecular flexibility index (Phi) is 3.59. The Morgan fingerprint density at radius 3 is 2.75 bits per heavy atom. The second-order valence-electron chi connectivity index (χ2n) is 5.72. The van der Waals surface area contributed by atoms with Crippen LogP contribution in [-0.2, 0) is 4.74 Å². The number of ether oxygens (including phenoxy) is 1. The van der Waals surface area contributed by atoms with Crippen LogP contribution in [0.1, 0.15) is 13.3 Å². The lowest BCUT2D eigenvalue weighted by atomic mass is 9.98. The van der Waals surface area contributed by atoms with E-state index in [-0.39, 0.29) is 17.0 Å². The Labute approximate surface area is 116 Å². The van der Waals surface area contributed by atoms with E-state index >= 15 is 0 Å². The molecule has 3 aliphatic rings. The van der Waals surface area contributed by atoms with Crippen molar-refractivity contribution in [1.82, 2.24) is 9.91 Å². The maximum atomic E-state index is 14.4. The molecule has 2 fully saturated rings. The molecule has 4 atom stereocenters. The van der Waals surface area contributed by atoms with Gasteiger partial charge in [-0.05, 0) is 13.3 Å². The van der Waals surface area contributed by atoms with E-state index in [2.05, 4.69) is 10.0 Å². The maximum Gasteiger partial charge on any atom is 0.271 e. The summed E-state index contributed by atoms with van der Waals surface area (Å²) >= 11 is 0. The number of likely N-dealkylation sites (tertiary alicyclic amines) is 1. The van der Waals surface area contributed by atoms with Gasteiger partial charge in [0.1, 0.15) is 18.4 Å². The molecule has 0 aromatic rings. The third-order valence-corrected chi connectivity index (χ3v) is 4.52. The van der Waals surface area contributed by atoms with Crippen molar-refractivity contribution in [1.29, 1.82) is 0 Å². The summed E-state index contributed by atoms with van der Waals surface area (Å²) in [6.45, 7) is 4.25. The van der Waals surface area contributed by atoms with E-state index in [1.165, 1.54) is 6.21 Å². The van der Waals surface area contributed by atoms with E-state index in [0.717, 1.165) is 6.54 Å². The summed E-state index contributed by atoms with van der Waals surface area (Å²) in [6.07, 6.45) is 0.933. The molecule has 0 amide bonds. The largest absolute Gasteiger partial charge is 0.378 e. The van der Waals surface area contributed by atoms with Gasteiger partial charge < -0.3 is 4.74 Å². The van der Waals surface area contributed by atoms with E-state index in [1.807, 2.05) is 0 Å². The SMILES string of the molecule is CC1C([N+](=O)[O-])C=NN1C1CCN(C2COC2)CC1F. The summed E-state index contributed by atoms with van der Waals surface area (Å²) in [6, 6.07) is -1.24. The molecule has 2 saturated heterocycles. The van der Waals surface area contributed by atoms with Crippen LogP contribution in [0.15, 0.2) is 5.10 Å². The van der Waals surface area contributed by atoms with Crippen LogP contribution in [0.25, 0.3) is 0 Å². The number of halogens is 1. The Hall–Kier alpha value is -1.28. The first-order valence-electron chi connectivity index (χ1n) is 6.99. The van der Waals surface area contributed by atoms with Gasteiger partial charge >= 0.3 is 0 Å². The second kappa shape index (κ2) is 5.25. The summed E-state index contributed by atoms with van der Waals surface area (Å²) in [7, 11) is 0. The zero-order valence-corrected chi connectivity index (χ0v) is 11.4. The zero-order valence-electron chi connectivity index (χ0n) is 11.4. The molecule has 8 heteroatoms. The van der Waals surface area contributed by atoms with Crippen molar-refractivity contribution in [3.8, 4) is 0 Å².